The molecule has 11 nitrogen and oxygen atoms in total. The third-order valence-corrected chi connectivity index (χ3v) is 5.85. The number of nitrogens with zero attached hydrogens (tertiary/aromatic N) is 5. The van der Waals surface area contributed by atoms with Gasteiger partial charge in [0.05, 0.1) is 18.8 Å². The topological polar surface area (TPSA) is 118 Å². The highest BCUT2D eigenvalue weighted by atomic mass is 19.1. The molecular formula is C27H32FN5O6. The molecule has 0 fully saturated rings. The van der Waals surface area contributed by atoms with Crippen molar-refractivity contribution in [3.05, 3.63) is 48.0 Å². The Hall–Kier alpha value is -4.06. The lowest BCUT2D eigenvalue weighted by Crippen LogP contribution is -2.41. The molecule has 1 unspecified atom stereocenters. The minimum absolute atomic E-state index is 0.0108. The summed E-state index contributed by atoms with van der Waals surface area (Å²) in [6, 6.07) is 7.16. The molecule has 12 heteroatoms. The second-order valence-electron chi connectivity index (χ2n) is 10.0. The van der Waals surface area contributed by atoms with E-state index in [0.29, 0.717) is 24.4 Å². The number of halogens is 1. The summed E-state index contributed by atoms with van der Waals surface area (Å²) in [4.78, 5) is 32.9. The van der Waals surface area contributed by atoms with Crippen LogP contribution in [0.15, 0.2) is 36.7 Å². The first-order valence-electron chi connectivity index (χ1n) is 12.6. The zero-order chi connectivity index (χ0) is 28.2. The van der Waals surface area contributed by atoms with Crippen molar-refractivity contribution in [1.29, 1.82) is 0 Å². The molecule has 0 spiro atoms. The van der Waals surface area contributed by atoms with Crippen LogP contribution >= 0.6 is 0 Å². The summed E-state index contributed by atoms with van der Waals surface area (Å²) in [5.41, 5.74) is -0.593. The molecule has 0 saturated heterocycles. The van der Waals surface area contributed by atoms with Gasteiger partial charge in [-0.1, -0.05) is 6.07 Å². The number of carbonyl (C=O) groups is 2. The maximum absolute atomic E-state index is 15.0. The van der Waals surface area contributed by atoms with Gasteiger partial charge in [-0.2, -0.15) is 4.90 Å². The number of ether oxygens (including phenoxy) is 4. The smallest absolute Gasteiger partial charge is 0.423 e. The quantitative estimate of drug-likeness (QED) is 0.428. The molecule has 1 aliphatic heterocycles. The number of imide groups is 1. The van der Waals surface area contributed by atoms with E-state index in [4.69, 9.17) is 18.9 Å². The summed E-state index contributed by atoms with van der Waals surface area (Å²) in [5, 5.41) is 8.26. The van der Waals surface area contributed by atoms with Crippen molar-refractivity contribution in [3.63, 3.8) is 0 Å². The minimum atomic E-state index is -0.962. The van der Waals surface area contributed by atoms with Gasteiger partial charge in [-0.05, 0) is 58.7 Å². The Kier molecular flexibility index (Phi) is 8.44. The Morgan fingerprint density at radius 1 is 1.23 bits per heavy atom. The first-order valence-corrected chi connectivity index (χ1v) is 12.6. The number of carbonyl (C=O) groups excluding carboxylic acids is 2. The Morgan fingerprint density at radius 2 is 2.03 bits per heavy atom. The van der Waals surface area contributed by atoms with E-state index in [0.717, 1.165) is 11.0 Å². The highest BCUT2D eigenvalue weighted by molar-refractivity contribution is 6.20. The predicted octanol–water partition coefficient (Wildman–Crippen LogP) is 4.82. The van der Waals surface area contributed by atoms with E-state index in [9.17, 15) is 14.0 Å². The Balaban J connectivity index is 1.88. The number of anilines is 1. The molecule has 2 aromatic heterocycles. The lowest BCUT2D eigenvalue weighted by molar-refractivity contribution is 0.0562. The standard InChI is InChI=1S/C27H32FN5O6/c1-17-8-7-11-37-21-15-19(28)22(38-13-12-36-5)14-18(21)25(34)33(26(35)39-27(2,3)4)23-10-6-9-20(30-23)24-31-29-16-32(17)24/h6,9-10,14-17H,7-8,11-13H2,1-5H3. The highest BCUT2D eigenvalue weighted by Crippen LogP contribution is 2.32. The fourth-order valence-corrected chi connectivity index (χ4v) is 4.00. The lowest BCUT2D eigenvalue weighted by Gasteiger charge is -2.27. The zero-order valence-corrected chi connectivity index (χ0v) is 22.6. The number of rotatable bonds is 4. The molecule has 1 atom stereocenters. The van der Waals surface area contributed by atoms with Gasteiger partial charge in [0, 0.05) is 19.2 Å². The van der Waals surface area contributed by atoms with E-state index in [1.165, 1.54) is 19.2 Å². The maximum atomic E-state index is 15.0. The van der Waals surface area contributed by atoms with E-state index in [2.05, 4.69) is 15.2 Å². The minimum Gasteiger partial charge on any atom is -0.493 e. The van der Waals surface area contributed by atoms with Crippen LogP contribution in [0.3, 0.4) is 0 Å². The molecule has 1 aromatic carbocycles. The van der Waals surface area contributed by atoms with E-state index in [-0.39, 0.29) is 48.7 Å². The summed E-state index contributed by atoms with van der Waals surface area (Å²) in [5.74, 6) is -1.29. The van der Waals surface area contributed by atoms with Gasteiger partial charge in [0.25, 0.3) is 5.91 Å². The van der Waals surface area contributed by atoms with Crippen LogP contribution < -0.4 is 14.4 Å². The number of benzene rings is 1. The first kappa shape index (κ1) is 28.0. The van der Waals surface area contributed by atoms with Crippen molar-refractivity contribution < 1.29 is 32.9 Å². The van der Waals surface area contributed by atoms with Crippen molar-refractivity contribution in [2.45, 2.75) is 52.2 Å². The third kappa shape index (κ3) is 6.51. The summed E-state index contributed by atoms with van der Waals surface area (Å²) in [6.45, 7) is 7.52. The lowest BCUT2D eigenvalue weighted by atomic mass is 10.1. The van der Waals surface area contributed by atoms with Crippen LogP contribution in [-0.4, -0.2) is 64.3 Å². The van der Waals surface area contributed by atoms with Crippen LogP contribution in [-0.2, 0) is 9.47 Å². The third-order valence-electron chi connectivity index (χ3n) is 5.85. The number of fused-ring (bicyclic) bond motifs is 5. The SMILES string of the molecule is COCCOc1cc2c(cc1F)OCCCC(C)n1cnnc1-c1cccc(n1)N(C(=O)OC(C)(C)C)C2=O. The molecule has 0 saturated carbocycles. The summed E-state index contributed by atoms with van der Waals surface area (Å²) in [6.07, 6.45) is 1.92. The largest absolute Gasteiger partial charge is 0.493 e. The monoisotopic (exact) mass is 541 g/mol. The molecule has 2 bridgehead atoms. The van der Waals surface area contributed by atoms with Crippen LogP contribution in [0.5, 0.6) is 11.5 Å². The summed E-state index contributed by atoms with van der Waals surface area (Å²) < 4.78 is 38.7. The van der Waals surface area contributed by atoms with Crippen molar-refractivity contribution >= 4 is 17.8 Å². The maximum Gasteiger partial charge on any atom is 0.423 e. The Morgan fingerprint density at radius 3 is 2.77 bits per heavy atom. The molecular weight excluding hydrogens is 509 g/mol. The molecule has 3 heterocycles. The van der Waals surface area contributed by atoms with Crippen LogP contribution in [0.25, 0.3) is 11.5 Å². The predicted molar refractivity (Wildman–Crippen MR) is 140 cm³/mol. The Labute approximate surface area is 225 Å². The number of hydrogen-bond donors (Lipinski definition) is 0. The molecule has 4 rings (SSSR count). The fourth-order valence-electron chi connectivity index (χ4n) is 4.00. The Bertz CT molecular complexity index is 1340. The van der Waals surface area contributed by atoms with Crippen LogP contribution in [0.4, 0.5) is 15.0 Å². The molecule has 1 aliphatic rings. The van der Waals surface area contributed by atoms with E-state index in [1.807, 2.05) is 11.5 Å². The van der Waals surface area contributed by atoms with Gasteiger partial charge in [0.1, 0.15) is 35.8 Å². The van der Waals surface area contributed by atoms with Crippen LogP contribution in [0.2, 0.25) is 0 Å². The molecule has 0 N–H and O–H groups in total. The summed E-state index contributed by atoms with van der Waals surface area (Å²) in [7, 11) is 1.49. The number of aromatic nitrogens is 4. The molecule has 3 aromatic rings. The molecule has 39 heavy (non-hydrogen) atoms. The van der Waals surface area contributed by atoms with Gasteiger partial charge >= 0.3 is 6.09 Å². The normalized spacial score (nSPS) is 16.0. The second kappa shape index (κ2) is 11.8. The highest BCUT2D eigenvalue weighted by Gasteiger charge is 2.34. The van der Waals surface area contributed by atoms with Crippen LogP contribution in [0.1, 0.15) is 56.9 Å². The van der Waals surface area contributed by atoms with Gasteiger partial charge in [0.15, 0.2) is 17.4 Å². The van der Waals surface area contributed by atoms with E-state index in [1.54, 1.807) is 39.2 Å². The van der Waals surface area contributed by atoms with Gasteiger partial charge < -0.3 is 23.5 Å². The molecule has 0 radical (unpaired) electrons. The van der Waals surface area contributed by atoms with E-state index < -0.39 is 23.4 Å². The number of pyridine rings is 1. The molecule has 2 amide bonds. The molecule has 0 aliphatic carbocycles. The second-order valence-corrected chi connectivity index (χ2v) is 10.0. The first-order chi connectivity index (χ1) is 18.6. The average Bonchev–Trinajstić information content (AvgIpc) is 3.37. The van der Waals surface area contributed by atoms with Crippen molar-refractivity contribution in [2.24, 2.45) is 0 Å². The van der Waals surface area contributed by atoms with Crippen molar-refractivity contribution in [2.75, 3.05) is 31.8 Å². The zero-order valence-electron chi connectivity index (χ0n) is 22.6. The fraction of sp³-hybridized carbons (Fsp3) is 0.444. The van der Waals surface area contributed by atoms with Gasteiger partial charge in [-0.25, -0.2) is 14.2 Å². The average molecular weight is 542 g/mol. The van der Waals surface area contributed by atoms with Gasteiger partial charge in [-0.3, -0.25) is 4.79 Å². The van der Waals surface area contributed by atoms with Crippen molar-refractivity contribution in [3.8, 4) is 23.0 Å². The van der Waals surface area contributed by atoms with Gasteiger partial charge in [-0.15, -0.1) is 10.2 Å². The van der Waals surface area contributed by atoms with Crippen LogP contribution in [0, 0.1) is 5.82 Å². The summed E-state index contributed by atoms with van der Waals surface area (Å²) >= 11 is 0. The van der Waals surface area contributed by atoms with Crippen molar-refractivity contribution in [1.82, 2.24) is 19.7 Å². The number of hydrogen-bond acceptors (Lipinski definition) is 9. The number of methoxy groups -OCH3 is 1. The van der Waals surface area contributed by atoms with Gasteiger partial charge in [0.2, 0.25) is 0 Å². The van der Waals surface area contributed by atoms with E-state index >= 15 is 0 Å². The molecule has 208 valence electrons. The number of amides is 2.